The van der Waals surface area contributed by atoms with Crippen LogP contribution in [-0.4, -0.2) is 13.3 Å². The summed E-state index contributed by atoms with van der Waals surface area (Å²) in [5.41, 5.74) is 0. The number of benzene rings is 2. The van der Waals surface area contributed by atoms with Crippen LogP contribution in [0.2, 0.25) is 15.1 Å². The van der Waals surface area contributed by atoms with Crippen LogP contribution in [0.3, 0.4) is 0 Å². The second kappa shape index (κ2) is 6.99. The Balaban J connectivity index is 2.25. The predicted octanol–water partition coefficient (Wildman–Crippen LogP) is 4.10. The van der Waals surface area contributed by atoms with Crippen LogP contribution in [0.1, 0.15) is 0 Å². The molecular weight excluding hydrogens is 408 g/mol. The highest BCUT2D eigenvalue weighted by Crippen LogP contribution is 2.44. The van der Waals surface area contributed by atoms with Crippen LogP contribution in [0, 0.1) is 0 Å². The van der Waals surface area contributed by atoms with Crippen LogP contribution < -0.4 is 9.02 Å². The lowest BCUT2D eigenvalue weighted by atomic mass is 10.3. The van der Waals surface area contributed by atoms with E-state index in [9.17, 15) is 17.9 Å². The molecule has 2 rings (SSSR count). The highest BCUT2D eigenvalue weighted by Gasteiger charge is 2.31. The lowest BCUT2D eigenvalue weighted by molar-refractivity contribution is 0.374. The average molecular weight is 417 g/mol. The maximum atomic E-state index is 12.1. The molecule has 0 aliphatic heterocycles. The molecule has 2 aromatic rings. The van der Waals surface area contributed by atoms with E-state index in [2.05, 4.69) is 0 Å². The summed E-state index contributed by atoms with van der Waals surface area (Å²) in [7, 11) is -9.07. The van der Waals surface area contributed by atoms with Gasteiger partial charge in [-0.2, -0.15) is 0 Å². The average Bonchev–Trinajstić information content (AvgIpc) is 2.43. The van der Waals surface area contributed by atoms with Gasteiger partial charge >= 0.3 is 7.75 Å². The van der Waals surface area contributed by atoms with Crippen molar-refractivity contribution >= 4 is 52.6 Å². The van der Waals surface area contributed by atoms with Gasteiger partial charge in [0, 0.05) is 5.02 Å². The van der Waals surface area contributed by atoms with Crippen molar-refractivity contribution in [3.8, 4) is 5.75 Å². The molecule has 0 saturated carbocycles. The van der Waals surface area contributed by atoms with Gasteiger partial charge in [0.1, 0.15) is 5.02 Å². The zero-order valence-corrected chi connectivity index (χ0v) is 15.1. The SMILES string of the molecule is O=P(O)(NS(=O)(=O)c1ccc(Cl)cc1)Oc1cccc(Cl)c1Cl. The van der Waals surface area contributed by atoms with Crippen LogP contribution in [0.25, 0.3) is 0 Å². The van der Waals surface area contributed by atoms with E-state index in [-0.39, 0.29) is 20.7 Å². The van der Waals surface area contributed by atoms with E-state index in [4.69, 9.17) is 39.3 Å². The summed E-state index contributed by atoms with van der Waals surface area (Å²) in [4.78, 5) is 9.50. The van der Waals surface area contributed by atoms with Crippen molar-refractivity contribution in [1.82, 2.24) is 4.49 Å². The fraction of sp³-hybridized carbons (Fsp3) is 0. The summed E-state index contributed by atoms with van der Waals surface area (Å²) in [5.74, 6) is -0.233. The predicted molar refractivity (Wildman–Crippen MR) is 88.7 cm³/mol. The smallest absolute Gasteiger partial charge is 0.411 e. The lowest BCUT2D eigenvalue weighted by Gasteiger charge is -2.15. The van der Waals surface area contributed by atoms with Crippen molar-refractivity contribution in [2.45, 2.75) is 4.90 Å². The molecule has 1 atom stereocenters. The minimum absolute atomic E-state index is 0.0877. The van der Waals surface area contributed by atoms with Gasteiger partial charge in [-0.1, -0.05) is 40.9 Å². The highest BCUT2D eigenvalue weighted by molar-refractivity contribution is 7.94. The minimum Gasteiger partial charge on any atom is -0.411 e. The summed E-state index contributed by atoms with van der Waals surface area (Å²) in [5, 5.41) is 0.289. The Morgan fingerprint density at radius 1 is 1.04 bits per heavy atom. The third kappa shape index (κ3) is 4.84. The second-order valence-electron chi connectivity index (χ2n) is 4.21. The molecule has 23 heavy (non-hydrogen) atoms. The zero-order valence-electron chi connectivity index (χ0n) is 11.1. The fourth-order valence-electron chi connectivity index (χ4n) is 1.52. The van der Waals surface area contributed by atoms with Crippen molar-refractivity contribution in [3.63, 3.8) is 0 Å². The first-order valence-corrected chi connectivity index (χ1v) is 10.1. The van der Waals surface area contributed by atoms with Gasteiger partial charge in [0.05, 0.1) is 9.92 Å². The molecule has 0 heterocycles. The van der Waals surface area contributed by atoms with Crippen LogP contribution in [0.5, 0.6) is 5.75 Å². The quantitative estimate of drug-likeness (QED) is 0.716. The molecule has 0 spiro atoms. The summed E-state index contributed by atoms with van der Waals surface area (Å²) in [6.45, 7) is 0. The van der Waals surface area contributed by atoms with Crippen LogP contribution in [-0.2, 0) is 14.6 Å². The van der Waals surface area contributed by atoms with E-state index in [1.165, 1.54) is 42.5 Å². The maximum Gasteiger partial charge on any atom is 0.469 e. The molecule has 2 aromatic carbocycles. The molecule has 0 saturated heterocycles. The van der Waals surface area contributed by atoms with Crippen molar-refractivity contribution in [2.75, 3.05) is 0 Å². The summed E-state index contributed by atoms with van der Waals surface area (Å²) in [6, 6.07) is 9.15. The van der Waals surface area contributed by atoms with E-state index in [1.807, 2.05) is 0 Å². The number of nitrogens with one attached hydrogen (secondary N) is 1. The van der Waals surface area contributed by atoms with Gasteiger partial charge < -0.3 is 9.42 Å². The molecule has 124 valence electrons. The molecule has 0 amide bonds. The number of rotatable bonds is 5. The topological polar surface area (TPSA) is 92.7 Å². The van der Waals surface area contributed by atoms with E-state index < -0.39 is 17.8 Å². The van der Waals surface area contributed by atoms with Gasteiger partial charge in [0.25, 0.3) is 10.0 Å². The van der Waals surface area contributed by atoms with E-state index in [0.717, 1.165) is 0 Å². The molecule has 0 radical (unpaired) electrons. The van der Waals surface area contributed by atoms with Crippen LogP contribution in [0.15, 0.2) is 47.4 Å². The number of halogens is 3. The van der Waals surface area contributed by atoms with Gasteiger partial charge in [0.2, 0.25) is 0 Å². The summed E-state index contributed by atoms with van der Waals surface area (Å²) >= 11 is 17.2. The fourth-order valence-corrected chi connectivity index (χ4v) is 4.73. The van der Waals surface area contributed by atoms with E-state index in [0.29, 0.717) is 5.02 Å². The highest BCUT2D eigenvalue weighted by atomic mass is 35.5. The molecule has 11 heteroatoms. The Bertz CT molecular complexity index is 873. The Morgan fingerprint density at radius 3 is 2.26 bits per heavy atom. The Morgan fingerprint density at radius 2 is 1.65 bits per heavy atom. The summed E-state index contributed by atoms with van der Waals surface area (Å²) < 4.78 is 42.5. The molecule has 0 bridgehead atoms. The van der Waals surface area contributed by atoms with Gasteiger partial charge in [-0.05, 0) is 36.4 Å². The van der Waals surface area contributed by atoms with E-state index >= 15 is 0 Å². The maximum absolute atomic E-state index is 12.1. The molecular formula is C12H9Cl3NO5PS. The van der Waals surface area contributed by atoms with E-state index in [1.54, 1.807) is 4.49 Å². The lowest BCUT2D eigenvalue weighted by Crippen LogP contribution is -2.23. The van der Waals surface area contributed by atoms with Crippen LogP contribution >= 0.6 is 42.5 Å². The van der Waals surface area contributed by atoms with Gasteiger partial charge in [0.15, 0.2) is 5.75 Å². The summed E-state index contributed by atoms with van der Waals surface area (Å²) in [6.07, 6.45) is 0. The molecule has 0 aromatic heterocycles. The molecule has 0 fully saturated rings. The number of hydrogen-bond acceptors (Lipinski definition) is 4. The van der Waals surface area contributed by atoms with Gasteiger partial charge in [-0.25, -0.2) is 13.0 Å². The first kappa shape index (κ1) is 18.5. The monoisotopic (exact) mass is 415 g/mol. The number of sulfonamides is 1. The molecule has 0 aliphatic rings. The second-order valence-corrected chi connectivity index (χ2v) is 8.87. The molecule has 1 unspecified atom stereocenters. The zero-order chi connectivity index (χ0) is 17.3. The van der Waals surface area contributed by atoms with Crippen molar-refractivity contribution in [2.24, 2.45) is 0 Å². The first-order chi connectivity index (χ1) is 10.6. The van der Waals surface area contributed by atoms with Gasteiger partial charge in [-0.3, -0.25) is 0 Å². The van der Waals surface area contributed by atoms with Crippen molar-refractivity contribution < 1.29 is 22.4 Å². The first-order valence-electron chi connectivity index (χ1n) is 5.87. The van der Waals surface area contributed by atoms with Crippen LogP contribution in [0.4, 0.5) is 0 Å². The van der Waals surface area contributed by atoms with Crippen molar-refractivity contribution in [3.05, 3.63) is 57.5 Å². The normalized spacial score (nSPS) is 14.3. The minimum atomic E-state index is -4.77. The molecule has 6 nitrogen and oxygen atoms in total. The van der Waals surface area contributed by atoms with Gasteiger partial charge in [-0.15, -0.1) is 4.49 Å². The number of hydrogen-bond donors (Lipinski definition) is 2. The Hall–Kier alpha value is -0.790. The Kier molecular flexibility index (Phi) is 5.63. The molecule has 0 aliphatic carbocycles. The Labute approximate surface area is 147 Å². The molecule has 2 N–H and O–H groups in total. The largest absolute Gasteiger partial charge is 0.469 e. The third-order valence-corrected chi connectivity index (χ3v) is 6.77. The van der Waals surface area contributed by atoms with Crippen molar-refractivity contribution in [1.29, 1.82) is 0 Å². The third-order valence-electron chi connectivity index (χ3n) is 2.50. The standard InChI is InChI=1S/C12H9Cl3NO5PS/c13-8-4-6-9(7-5-8)23(19,20)16-22(17,18)21-11-3-1-2-10(14)12(11)15/h1-7H,(H2,16,17,18).